The zero-order chi connectivity index (χ0) is 52.7. The third kappa shape index (κ3) is 60.1. The molecule has 0 saturated carbocycles. The molecule has 2 unspecified atom stereocenters. The Morgan fingerprint density at radius 1 is 0.342 bits per heavy atom. The van der Waals surface area contributed by atoms with Gasteiger partial charge in [-0.1, -0.05) is 329 Å². The van der Waals surface area contributed by atoms with Crippen molar-refractivity contribution in [3.63, 3.8) is 0 Å². The quantitative estimate of drug-likeness (QED) is 0.0420. The van der Waals surface area contributed by atoms with Crippen molar-refractivity contribution in [3.05, 3.63) is 97.2 Å². The van der Waals surface area contributed by atoms with Crippen molar-refractivity contribution in [2.24, 2.45) is 0 Å². The van der Waals surface area contributed by atoms with Crippen LogP contribution in [0.1, 0.15) is 316 Å². The molecule has 4 nitrogen and oxygen atoms in total. The van der Waals surface area contributed by atoms with Crippen LogP contribution in [0.25, 0.3) is 0 Å². The van der Waals surface area contributed by atoms with Crippen LogP contribution in [0.2, 0.25) is 0 Å². The molecule has 0 saturated heterocycles. The van der Waals surface area contributed by atoms with Crippen molar-refractivity contribution in [1.29, 1.82) is 0 Å². The van der Waals surface area contributed by atoms with Crippen LogP contribution in [0.4, 0.5) is 0 Å². The van der Waals surface area contributed by atoms with E-state index in [1.165, 1.54) is 225 Å². The molecule has 0 aromatic carbocycles. The summed E-state index contributed by atoms with van der Waals surface area (Å²) < 4.78 is 0. The summed E-state index contributed by atoms with van der Waals surface area (Å²) >= 11 is 0. The summed E-state index contributed by atoms with van der Waals surface area (Å²) in [6, 6.07) is -0.629. The van der Waals surface area contributed by atoms with Crippen LogP contribution in [0.15, 0.2) is 97.2 Å². The van der Waals surface area contributed by atoms with Crippen molar-refractivity contribution in [3.8, 4) is 0 Å². The van der Waals surface area contributed by atoms with Gasteiger partial charge in [-0.2, -0.15) is 0 Å². The number of allylic oxidation sites excluding steroid dienone is 15. The lowest BCUT2D eigenvalue weighted by Gasteiger charge is -2.20. The minimum absolute atomic E-state index is 0.0650. The first-order chi connectivity index (χ1) is 36.2. The van der Waals surface area contributed by atoms with E-state index in [0.29, 0.717) is 6.42 Å². The molecule has 4 heteroatoms. The van der Waals surface area contributed by atoms with Gasteiger partial charge in [0.15, 0.2) is 0 Å². The SMILES string of the molecule is CC/C=C\C/C=C\C/C=C\C/C=C\C/C=C\C/C=C\C/C=C\CCCCCCCCCCCCCCCC(=O)NC(CO)C(O)/C=C/CCCCCCCCCCCCCCCCCCCCCCCCCC. The number of aliphatic hydroxyl groups excluding tert-OH is 2. The number of hydrogen-bond acceptors (Lipinski definition) is 3. The molecule has 0 radical (unpaired) electrons. The highest BCUT2D eigenvalue weighted by Crippen LogP contribution is 2.17. The van der Waals surface area contributed by atoms with Crippen molar-refractivity contribution >= 4 is 5.91 Å². The standard InChI is InChI=1S/C69H123NO3/c1-3-5-7-9-11-13-15-17-19-21-23-25-27-29-31-32-33-34-35-36-37-38-39-41-43-45-47-49-51-53-55-57-59-61-63-65-69(73)70-67(66-71)68(72)64-62-60-58-56-54-52-50-48-46-44-42-40-30-28-26-24-22-20-18-16-14-12-10-8-6-4-2/h5,7,11,13,17,19,23,25,29,31,33-34,36-37,62,64,67-68,71-72H,3-4,6,8-10,12,14-16,18,20-22,24,26-28,30,32,35,38-61,63,65-66H2,1-2H3,(H,70,73)/b7-5-,13-11-,19-17-,25-23-,31-29-,34-33-,37-36-,64-62+. The summed E-state index contributed by atoms with van der Waals surface area (Å²) in [5.41, 5.74) is 0. The molecule has 73 heavy (non-hydrogen) atoms. The summed E-state index contributed by atoms with van der Waals surface area (Å²) in [6.45, 7) is 4.22. The summed E-state index contributed by atoms with van der Waals surface area (Å²) in [6.07, 6.45) is 94.5. The van der Waals surface area contributed by atoms with Gasteiger partial charge in [0, 0.05) is 6.42 Å². The predicted molar refractivity (Wildman–Crippen MR) is 326 cm³/mol. The third-order valence-corrected chi connectivity index (χ3v) is 14.3. The number of unbranched alkanes of at least 4 members (excludes halogenated alkanes) is 37. The van der Waals surface area contributed by atoms with Gasteiger partial charge in [-0.05, 0) is 77.0 Å². The molecule has 0 rings (SSSR count). The van der Waals surface area contributed by atoms with E-state index in [4.69, 9.17) is 0 Å². The second-order valence-corrected chi connectivity index (χ2v) is 21.5. The normalized spacial score (nSPS) is 13.4. The zero-order valence-electron chi connectivity index (χ0n) is 48.6. The summed E-state index contributed by atoms with van der Waals surface area (Å²) in [4.78, 5) is 12.5. The van der Waals surface area contributed by atoms with E-state index in [1.54, 1.807) is 6.08 Å². The Morgan fingerprint density at radius 3 is 0.904 bits per heavy atom. The van der Waals surface area contributed by atoms with Crippen LogP contribution in [-0.2, 0) is 4.79 Å². The van der Waals surface area contributed by atoms with Crippen molar-refractivity contribution < 1.29 is 15.0 Å². The molecule has 0 aliphatic rings. The number of carbonyl (C=O) groups is 1. The van der Waals surface area contributed by atoms with Gasteiger partial charge in [0.25, 0.3) is 0 Å². The maximum Gasteiger partial charge on any atom is 0.220 e. The number of nitrogens with one attached hydrogen (secondary N) is 1. The van der Waals surface area contributed by atoms with Gasteiger partial charge in [-0.15, -0.1) is 0 Å². The van der Waals surface area contributed by atoms with Gasteiger partial charge in [-0.3, -0.25) is 4.79 Å². The Kier molecular flexibility index (Phi) is 61.3. The lowest BCUT2D eigenvalue weighted by molar-refractivity contribution is -0.123. The second kappa shape index (κ2) is 63.6. The fraction of sp³-hybridized carbons (Fsp3) is 0.754. The minimum Gasteiger partial charge on any atom is -0.394 e. The minimum atomic E-state index is -0.846. The smallest absolute Gasteiger partial charge is 0.220 e. The molecule has 0 aromatic heterocycles. The van der Waals surface area contributed by atoms with Crippen LogP contribution in [0, 0.1) is 0 Å². The average molecular weight is 1010 g/mol. The largest absolute Gasteiger partial charge is 0.394 e. The number of hydrogen-bond donors (Lipinski definition) is 3. The van der Waals surface area contributed by atoms with Crippen LogP contribution < -0.4 is 5.32 Å². The number of aliphatic hydroxyl groups is 2. The van der Waals surface area contributed by atoms with Crippen molar-refractivity contribution in [2.75, 3.05) is 6.61 Å². The van der Waals surface area contributed by atoms with Crippen LogP contribution in [0.5, 0.6) is 0 Å². The Hall–Kier alpha value is -2.69. The van der Waals surface area contributed by atoms with E-state index in [1.807, 2.05) is 6.08 Å². The predicted octanol–water partition coefficient (Wildman–Crippen LogP) is 21.6. The van der Waals surface area contributed by atoms with E-state index in [-0.39, 0.29) is 12.5 Å². The number of rotatable bonds is 58. The Labute approximate surface area is 455 Å². The second-order valence-electron chi connectivity index (χ2n) is 21.5. The fourth-order valence-electron chi connectivity index (χ4n) is 9.52. The van der Waals surface area contributed by atoms with Gasteiger partial charge < -0.3 is 15.5 Å². The molecule has 0 bridgehead atoms. The molecule has 2 atom stereocenters. The average Bonchev–Trinajstić information content (AvgIpc) is 3.40. The van der Waals surface area contributed by atoms with Crippen LogP contribution in [0.3, 0.4) is 0 Å². The van der Waals surface area contributed by atoms with Crippen molar-refractivity contribution in [2.45, 2.75) is 328 Å². The van der Waals surface area contributed by atoms with Gasteiger partial charge >= 0.3 is 0 Å². The molecule has 1 amide bonds. The molecule has 0 heterocycles. The van der Waals surface area contributed by atoms with Gasteiger partial charge in [0.1, 0.15) is 0 Å². The van der Waals surface area contributed by atoms with E-state index in [2.05, 4.69) is 104 Å². The highest BCUT2D eigenvalue weighted by molar-refractivity contribution is 5.76. The highest BCUT2D eigenvalue weighted by Gasteiger charge is 2.18. The summed E-state index contributed by atoms with van der Waals surface area (Å²) in [7, 11) is 0. The lowest BCUT2D eigenvalue weighted by atomic mass is 10.0. The third-order valence-electron chi connectivity index (χ3n) is 14.3. The molecule has 422 valence electrons. The monoisotopic (exact) mass is 1010 g/mol. The molecule has 0 fully saturated rings. The number of amides is 1. The number of carbonyl (C=O) groups excluding carboxylic acids is 1. The van der Waals surface area contributed by atoms with Crippen molar-refractivity contribution in [1.82, 2.24) is 5.32 Å². The first-order valence-electron chi connectivity index (χ1n) is 32.0. The van der Waals surface area contributed by atoms with E-state index >= 15 is 0 Å². The molecule has 0 spiro atoms. The van der Waals surface area contributed by atoms with Crippen LogP contribution >= 0.6 is 0 Å². The Bertz CT molecular complexity index is 1330. The first-order valence-corrected chi connectivity index (χ1v) is 32.0. The highest BCUT2D eigenvalue weighted by atomic mass is 16.3. The summed E-state index contributed by atoms with van der Waals surface area (Å²) in [5.74, 6) is -0.0650. The molecular weight excluding hydrogens is 891 g/mol. The first kappa shape index (κ1) is 70.3. The topological polar surface area (TPSA) is 69.6 Å². The van der Waals surface area contributed by atoms with Gasteiger partial charge in [0.05, 0.1) is 18.8 Å². The van der Waals surface area contributed by atoms with Gasteiger partial charge in [-0.25, -0.2) is 0 Å². The molecule has 0 aliphatic heterocycles. The molecule has 0 aliphatic carbocycles. The van der Waals surface area contributed by atoms with E-state index < -0.39 is 12.1 Å². The summed E-state index contributed by atoms with van der Waals surface area (Å²) in [5, 5.41) is 23.3. The maximum atomic E-state index is 12.5. The Balaban J connectivity index is 3.52. The van der Waals surface area contributed by atoms with Crippen LogP contribution in [-0.4, -0.2) is 34.9 Å². The van der Waals surface area contributed by atoms with E-state index in [9.17, 15) is 15.0 Å². The molecule has 3 N–H and O–H groups in total. The maximum absolute atomic E-state index is 12.5. The molecule has 0 aromatic rings. The fourth-order valence-corrected chi connectivity index (χ4v) is 9.52. The molecular formula is C69H123NO3. The zero-order valence-corrected chi connectivity index (χ0v) is 48.6. The lowest BCUT2D eigenvalue weighted by Crippen LogP contribution is -2.45. The van der Waals surface area contributed by atoms with E-state index in [0.717, 1.165) is 70.6 Å². The Morgan fingerprint density at radius 2 is 0.603 bits per heavy atom. The van der Waals surface area contributed by atoms with Gasteiger partial charge in [0.2, 0.25) is 5.91 Å².